The Bertz CT molecular complexity index is 678. The normalized spacial score (nSPS) is 10.6. The zero-order valence-electron chi connectivity index (χ0n) is 12.1. The highest BCUT2D eigenvalue weighted by atomic mass is 16.4. The number of aromatic nitrogens is 1. The molecule has 1 aromatic carbocycles. The minimum absolute atomic E-state index is 0.0629. The Morgan fingerprint density at radius 1 is 1.19 bits per heavy atom. The number of carbonyl (C=O) groups excluding carboxylic acids is 2. The third-order valence-corrected chi connectivity index (χ3v) is 3.44. The van der Waals surface area contributed by atoms with Gasteiger partial charge in [-0.1, -0.05) is 18.2 Å². The molecule has 0 saturated carbocycles. The smallest absolute Gasteiger partial charge is 0.228 e. The van der Waals surface area contributed by atoms with E-state index in [1.165, 1.54) is 6.07 Å². The van der Waals surface area contributed by atoms with Crippen LogP contribution in [0.25, 0.3) is 10.9 Å². The first-order chi connectivity index (χ1) is 10.1. The lowest BCUT2D eigenvalue weighted by molar-refractivity contribution is -0.254. The van der Waals surface area contributed by atoms with Gasteiger partial charge in [-0.15, -0.1) is 0 Å². The fourth-order valence-corrected chi connectivity index (χ4v) is 2.33. The van der Waals surface area contributed by atoms with Gasteiger partial charge < -0.3 is 14.8 Å². The lowest BCUT2D eigenvalue weighted by Crippen LogP contribution is -2.32. The molecule has 2 aromatic rings. The summed E-state index contributed by atoms with van der Waals surface area (Å²) < 4.78 is 0. The summed E-state index contributed by atoms with van der Waals surface area (Å²) in [6.07, 6.45) is 0.0901. The molecule has 0 spiro atoms. The lowest BCUT2D eigenvalue weighted by atomic mass is 10.1. The van der Waals surface area contributed by atoms with E-state index in [1.807, 2.05) is 13.8 Å². The van der Waals surface area contributed by atoms with Gasteiger partial charge in [0.2, 0.25) is 5.91 Å². The largest absolute Gasteiger partial charge is 0.545 e. The van der Waals surface area contributed by atoms with E-state index in [4.69, 9.17) is 0 Å². The van der Waals surface area contributed by atoms with Gasteiger partial charge in [-0.05, 0) is 26.0 Å². The van der Waals surface area contributed by atoms with E-state index in [9.17, 15) is 14.7 Å². The number of benzene rings is 1. The number of carboxylic acids is 1. The molecule has 0 aliphatic carbocycles. The summed E-state index contributed by atoms with van der Waals surface area (Å²) in [6, 6.07) is 8.37. The maximum atomic E-state index is 12.1. The van der Waals surface area contributed by atoms with E-state index in [0.29, 0.717) is 29.7 Å². The molecule has 0 fully saturated rings. The van der Waals surface area contributed by atoms with Gasteiger partial charge in [-0.2, -0.15) is 0 Å². The number of nitrogens with zero attached hydrogens (tertiary/aromatic N) is 2. The lowest BCUT2D eigenvalue weighted by Gasteiger charge is -2.18. The van der Waals surface area contributed by atoms with Crippen LogP contribution in [0, 0.1) is 0 Å². The molecule has 0 N–H and O–H groups in total. The quantitative estimate of drug-likeness (QED) is 0.821. The zero-order chi connectivity index (χ0) is 15.4. The minimum atomic E-state index is -1.26. The highest BCUT2D eigenvalue weighted by molar-refractivity contribution is 6.01. The van der Waals surface area contributed by atoms with E-state index in [-0.39, 0.29) is 17.9 Å². The van der Waals surface area contributed by atoms with E-state index in [2.05, 4.69) is 4.98 Å². The van der Waals surface area contributed by atoms with Crippen molar-refractivity contribution in [3.05, 3.63) is 41.6 Å². The molecule has 0 radical (unpaired) electrons. The highest BCUT2D eigenvalue weighted by Gasteiger charge is 2.13. The Balaban J connectivity index is 2.41. The van der Waals surface area contributed by atoms with Crippen molar-refractivity contribution in [2.45, 2.75) is 20.3 Å². The third-order valence-electron chi connectivity index (χ3n) is 3.44. The van der Waals surface area contributed by atoms with Crippen molar-refractivity contribution >= 4 is 22.8 Å². The Morgan fingerprint density at radius 2 is 1.86 bits per heavy atom. The Morgan fingerprint density at radius 3 is 2.48 bits per heavy atom. The van der Waals surface area contributed by atoms with Crippen LogP contribution in [-0.4, -0.2) is 34.8 Å². The molecule has 0 saturated heterocycles. The topological polar surface area (TPSA) is 73.3 Å². The second-order valence-electron chi connectivity index (χ2n) is 4.71. The van der Waals surface area contributed by atoms with Gasteiger partial charge in [0, 0.05) is 24.0 Å². The number of aromatic carboxylic acids is 1. The number of pyridine rings is 1. The summed E-state index contributed by atoms with van der Waals surface area (Å²) in [5, 5.41) is 11.8. The summed E-state index contributed by atoms with van der Waals surface area (Å²) in [5.74, 6) is -1.32. The van der Waals surface area contributed by atoms with Crippen LogP contribution >= 0.6 is 0 Å². The van der Waals surface area contributed by atoms with Crippen LogP contribution in [-0.2, 0) is 11.2 Å². The zero-order valence-corrected chi connectivity index (χ0v) is 12.1. The number of fused-ring (bicyclic) bond motifs is 1. The molecule has 1 heterocycles. The molecule has 1 amide bonds. The van der Waals surface area contributed by atoms with Gasteiger partial charge in [0.25, 0.3) is 0 Å². The minimum Gasteiger partial charge on any atom is -0.545 e. The predicted molar refractivity (Wildman–Crippen MR) is 77.7 cm³/mol. The molecule has 0 aliphatic heterocycles. The van der Waals surface area contributed by atoms with Gasteiger partial charge in [0.1, 0.15) is 0 Å². The molecule has 110 valence electrons. The fourth-order valence-electron chi connectivity index (χ4n) is 2.33. The maximum absolute atomic E-state index is 12.1. The van der Waals surface area contributed by atoms with Gasteiger partial charge in [-0.3, -0.25) is 9.78 Å². The number of rotatable bonds is 5. The van der Waals surface area contributed by atoms with E-state index in [0.717, 1.165) is 0 Å². The van der Waals surface area contributed by atoms with Gasteiger partial charge in [0.05, 0.1) is 23.6 Å². The molecule has 0 unspecified atom stereocenters. The van der Waals surface area contributed by atoms with Gasteiger partial charge >= 0.3 is 0 Å². The van der Waals surface area contributed by atoms with Crippen molar-refractivity contribution < 1.29 is 14.7 Å². The van der Waals surface area contributed by atoms with Gasteiger partial charge in [-0.25, -0.2) is 0 Å². The van der Waals surface area contributed by atoms with Crippen LogP contribution in [0.15, 0.2) is 30.3 Å². The van der Waals surface area contributed by atoms with Crippen LogP contribution < -0.4 is 5.11 Å². The molecular weight excluding hydrogens is 268 g/mol. The van der Waals surface area contributed by atoms with E-state index in [1.54, 1.807) is 29.2 Å². The van der Waals surface area contributed by atoms with Crippen molar-refractivity contribution in [3.63, 3.8) is 0 Å². The second-order valence-corrected chi connectivity index (χ2v) is 4.71. The van der Waals surface area contributed by atoms with Crippen molar-refractivity contribution in [2.24, 2.45) is 0 Å². The number of carboxylic acid groups (broad SMARTS) is 1. The summed E-state index contributed by atoms with van der Waals surface area (Å²) in [7, 11) is 0. The third kappa shape index (κ3) is 3.18. The average Bonchev–Trinajstić information content (AvgIpc) is 2.47. The van der Waals surface area contributed by atoms with Crippen molar-refractivity contribution in [1.29, 1.82) is 0 Å². The summed E-state index contributed by atoms with van der Waals surface area (Å²) in [6.45, 7) is 5.05. The molecular formula is C16H17N2O3-. The van der Waals surface area contributed by atoms with E-state index < -0.39 is 5.97 Å². The summed E-state index contributed by atoms with van der Waals surface area (Å²) >= 11 is 0. The summed E-state index contributed by atoms with van der Waals surface area (Å²) in [5.41, 5.74) is 1.08. The van der Waals surface area contributed by atoms with Crippen LogP contribution in [0.2, 0.25) is 0 Å². The van der Waals surface area contributed by atoms with Gasteiger partial charge in [0.15, 0.2) is 0 Å². The molecule has 0 bridgehead atoms. The molecule has 2 rings (SSSR count). The molecule has 0 atom stereocenters. The number of hydrogen-bond acceptors (Lipinski definition) is 4. The first kappa shape index (κ1) is 15.0. The van der Waals surface area contributed by atoms with Crippen molar-refractivity contribution in [1.82, 2.24) is 9.88 Å². The molecule has 1 aromatic heterocycles. The van der Waals surface area contributed by atoms with E-state index >= 15 is 0 Å². The standard InChI is InChI=1S/C16H18N2O3/c1-3-18(4-2)15(19)10-11-9-13(16(20)21)12-7-5-6-8-14(12)17-11/h5-9H,3-4,10H2,1-2H3,(H,20,21)/p-1. The monoisotopic (exact) mass is 285 g/mol. The summed E-state index contributed by atoms with van der Waals surface area (Å²) in [4.78, 5) is 29.4. The second kappa shape index (κ2) is 6.35. The predicted octanol–water partition coefficient (Wildman–Crippen LogP) is 1.01. The van der Waals surface area contributed by atoms with Crippen LogP contribution in [0.4, 0.5) is 0 Å². The van der Waals surface area contributed by atoms with Crippen LogP contribution in [0.5, 0.6) is 0 Å². The van der Waals surface area contributed by atoms with Crippen LogP contribution in [0.1, 0.15) is 29.9 Å². The van der Waals surface area contributed by atoms with Crippen LogP contribution in [0.3, 0.4) is 0 Å². The average molecular weight is 285 g/mol. The molecule has 0 aliphatic rings. The number of hydrogen-bond donors (Lipinski definition) is 0. The Hall–Kier alpha value is -2.43. The number of amides is 1. The first-order valence-electron chi connectivity index (χ1n) is 6.94. The van der Waals surface area contributed by atoms with Crippen molar-refractivity contribution in [2.75, 3.05) is 13.1 Å². The number of para-hydroxylation sites is 1. The van der Waals surface area contributed by atoms with Crippen molar-refractivity contribution in [3.8, 4) is 0 Å². The SMILES string of the molecule is CCN(CC)C(=O)Cc1cc(C(=O)[O-])c2ccccc2n1. The number of likely N-dealkylation sites (N-methyl/N-ethyl adjacent to an activating group) is 1. The fraction of sp³-hybridized carbons (Fsp3) is 0.312. The Kier molecular flexibility index (Phi) is 4.52. The number of carbonyl (C=O) groups is 2. The first-order valence-corrected chi connectivity index (χ1v) is 6.94. The Labute approximate surface area is 123 Å². The molecule has 5 nitrogen and oxygen atoms in total. The molecule has 5 heteroatoms. The highest BCUT2D eigenvalue weighted by Crippen LogP contribution is 2.18. The molecule has 21 heavy (non-hydrogen) atoms. The maximum Gasteiger partial charge on any atom is 0.228 e.